The van der Waals surface area contributed by atoms with Gasteiger partial charge in [0.25, 0.3) is 5.91 Å². The van der Waals surface area contributed by atoms with Crippen molar-refractivity contribution in [2.24, 2.45) is 0 Å². The summed E-state index contributed by atoms with van der Waals surface area (Å²) in [7, 11) is -2.09. The zero-order valence-electron chi connectivity index (χ0n) is 20.0. The van der Waals surface area contributed by atoms with Gasteiger partial charge in [-0.25, -0.2) is 9.69 Å². The summed E-state index contributed by atoms with van der Waals surface area (Å²) in [6.45, 7) is 11.3. The Hall–Kier alpha value is -1.38. The van der Waals surface area contributed by atoms with E-state index in [1.807, 2.05) is 24.3 Å². The summed E-state index contributed by atoms with van der Waals surface area (Å²) in [4.78, 5) is 30.6. The molecule has 0 bridgehead atoms. The molecule has 2 heterocycles. The van der Waals surface area contributed by atoms with Crippen molar-refractivity contribution in [2.45, 2.75) is 63.4 Å². The van der Waals surface area contributed by atoms with Crippen molar-refractivity contribution in [1.82, 2.24) is 4.90 Å². The molecule has 0 radical (unpaired) electrons. The summed E-state index contributed by atoms with van der Waals surface area (Å²) in [5.41, 5.74) is 0.347. The number of carbonyl (C=O) groups excluding carboxylic acids is 2. The summed E-state index contributed by atoms with van der Waals surface area (Å²) >= 11 is 15.9. The Balaban J connectivity index is 1.73. The fraction of sp³-hybridized carbons (Fsp3) is 0.440. The van der Waals surface area contributed by atoms with Crippen LogP contribution in [-0.4, -0.2) is 43.3 Å². The van der Waals surface area contributed by atoms with Crippen molar-refractivity contribution >= 4 is 65.1 Å². The Morgan fingerprint density at radius 2 is 1.68 bits per heavy atom. The van der Waals surface area contributed by atoms with E-state index < -0.39 is 13.9 Å². The lowest BCUT2D eigenvalue weighted by Gasteiger charge is -2.38. The monoisotopic (exact) mass is 582 g/mol. The van der Waals surface area contributed by atoms with E-state index in [-0.39, 0.29) is 23.1 Å². The number of amides is 3. The molecule has 0 N–H and O–H groups in total. The van der Waals surface area contributed by atoms with E-state index >= 15 is 0 Å². The van der Waals surface area contributed by atoms with Gasteiger partial charge in [0.05, 0.1) is 11.8 Å². The molecule has 0 saturated carbocycles. The number of hydrogen-bond acceptors (Lipinski definition) is 3. The Morgan fingerprint density at radius 1 is 1.09 bits per heavy atom. The Labute approximate surface area is 220 Å². The highest BCUT2D eigenvalue weighted by Gasteiger charge is 2.63. The topological polar surface area (TPSA) is 49.9 Å². The van der Waals surface area contributed by atoms with Crippen LogP contribution < -0.4 is 4.90 Å². The second-order valence-corrected chi connectivity index (χ2v) is 17.2. The molecule has 9 heteroatoms. The molecular weight excluding hydrogens is 555 g/mol. The van der Waals surface area contributed by atoms with E-state index in [0.717, 1.165) is 10.0 Å². The summed E-state index contributed by atoms with van der Waals surface area (Å²) in [6.07, 6.45) is 0.659. The van der Waals surface area contributed by atoms with Crippen molar-refractivity contribution in [3.8, 4) is 0 Å². The van der Waals surface area contributed by atoms with Crippen molar-refractivity contribution in [1.29, 1.82) is 0 Å². The molecule has 3 amide bonds. The van der Waals surface area contributed by atoms with Crippen LogP contribution in [-0.2, 0) is 15.6 Å². The maximum Gasteiger partial charge on any atom is 0.332 e. The molecule has 2 aromatic rings. The van der Waals surface area contributed by atoms with Gasteiger partial charge in [-0.1, -0.05) is 72.0 Å². The molecule has 182 valence electrons. The van der Waals surface area contributed by atoms with Crippen LogP contribution in [0.2, 0.25) is 28.2 Å². The van der Waals surface area contributed by atoms with Crippen molar-refractivity contribution in [3.05, 3.63) is 62.5 Å². The molecule has 34 heavy (non-hydrogen) atoms. The number of hydrogen-bond donors (Lipinski definition) is 0. The number of benzene rings is 2. The third-order valence-corrected chi connectivity index (χ3v) is 12.8. The first-order chi connectivity index (χ1) is 15.7. The van der Waals surface area contributed by atoms with Crippen LogP contribution in [0, 0.1) is 0 Å². The lowest BCUT2D eigenvalue weighted by atomic mass is 9.87. The second kappa shape index (κ2) is 8.93. The minimum absolute atomic E-state index is 0.0243. The zero-order valence-corrected chi connectivity index (χ0v) is 24.1. The Bertz CT molecular complexity index is 1120. The maximum atomic E-state index is 14.0. The zero-order chi connectivity index (χ0) is 25.1. The average Bonchev–Trinajstić information content (AvgIpc) is 3.14. The van der Waals surface area contributed by atoms with Gasteiger partial charge in [-0.15, -0.1) is 0 Å². The molecule has 2 aliphatic heterocycles. The van der Waals surface area contributed by atoms with Crippen LogP contribution in [0.5, 0.6) is 0 Å². The minimum Gasteiger partial charge on any atom is -0.412 e. The third kappa shape index (κ3) is 4.57. The number of fused-ring (bicyclic) bond motifs is 1. The van der Waals surface area contributed by atoms with Gasteiger partial charge >= 0.3 is 6.03 Å². The summed E-state index contributed by atoms with van der Waals surface area (Å²) in [5.74, 6) is -0.264. The summed E-state index contributed by atoms with van der Waals surface area (Å²) in [5, 5.41) is 0.767. The van der Waals surface area contributed by atoms with Crippen molar-refractivity contribution in [3.63, 3.8) is 0 Å². The molecule has 2 atom stereocenters. The van der Waals surface area contributed by atoms with Gasteiger partial charge in [-0.05, 0) is 54.0 Å². The van der Waals surface area contributed by atoms with Crippen LogP contribution in [0.15, 0.2) is 46.9 Å². The molecular formula is C25H29BrCl2N2O3Si. The van der Waals surface area contributed by atoms with Gasteiger partial charge in [0.1, 0.15) is 5.54 Å². The van der Waals surface area contributed by atoms with Crippen LogP contribution in [0.1, 0.15) is 32.8 Å². The highest BCUT2D eigenvalue weighted by atomic mass is 79.9. The van der Waals surface area contributed by atoms with Crippen LogP contribution in [0.4, 0.5) is 10.5 Å². The van der Waals surface area contributed by atoms with Crippen LogP contribution in [0.25, 0.3) is 0 Å². The average molecular weight is 584 g/mol. The number of urea groups is 1. The molecule has 0 aromatic heterocycles. The second-order valence-electron chi connectivity index (χ2n) is 10.7. The fourth-order valence-electron chi connectivity index (χ4n) is 4.56. The number of carbonyl (C=O) groups is 2. The highest BCUT2D eigenvalue weighted by Crippen LogP contribution is 2.46. The first-order valence-corrected chi connectivity index (χ1v) is 15.7. The van der Waals surface area contributed by atoms with Crippen LogP contribution in [0.3, 0.4) is 0 Å². The highest BCUT2D eigenvalue weighted by molar-refractivity contribution is 9.10. The maximum absolute atomic E-state index is 14.0. The van der Waals surface area contributed by atoms with Gasteiger partial charge in [-0.2, -0.15) is 0 Å². The third-order valence-electron chi connectivity index (χ3n) is 7.27. The van der Waals surface area contributed by atoms with E-state index in [9.17, 15) is 9.59 Å². The molecule has 0 spiro atoms. The predicted octanol–water partition coefficient (Wildman–Crippen LogP) is 7.30. The molecule has 0 unspecified atom stereocenters. The Morgan fingerprint density at radius 3 is 2.24 bits per heavy atom. The van der Waals surface area contributed by atoms with E-state index in [1.54, 1.807) is 23.1 Å². The van der Waals surface area contributed by atoms with E-state index in [2.05, 4.69) is 49.8 Å². The quantitative estimate of drug-likeness (QED) is 0.274. The normalized spacial score (nSPS) is 23.1. The molecule has 2 aromatic carbocycles. The molecule has 2 saturated heterocycles. The molecule has 2 aliphatic rings. The fourth-order valence-corrected chi connectivity index (χ4v) is 6.68. The summed E-state index contributed by atoms with van der Waals surface area (Å²) < 4.78 is 7.64. The van der Waals surface area contributed by atoms with Crippen molar-refractivity contribution in [2.75, 3.05) is 11.4 Å². The van der Waals surface area contributed by atoms with Gasteiger partial charge < -0.3 is 9.33 Å². The molecule has 2 fully saturated rings. The lowest BCUT2D eigenvalue weighted by Crippen LogP contribution is -2.47. The standard InChI is InChI=1S/C25H29BrCl2N2O3Si/c1-24(2,3)34(4,5)33-21-14-25(13-16-6-8-17(26)9-7-16)22(31)30(23(32)29(25)15-21)20-11-18(27)10-19(28)12-20/h6-12,21H,13-15H2,1-5H3/t21-,25+/m1/s1. The molecule has 0 aliphatic carbocycles. The number of rotatable bonds is 5. The van der Waals surface area contributed by atoms with E-state index in [0.29, 0.717) is 35.1 Å². The van der Waals surface area contributed by atoms with Gasteiger partial charge in [0.15, 0.2) is 8.32 Å². The Kier molecular flexibility index (Phi) is 6.75. The molecule has 4 rings (SSSR count). The number of imide groups is 1. The first-order valence-electron chi connectivity index (χ1n) is 11.3. The molecule has 5 nitrogen and oxygen atoms in total. The SMILES string of the molecule is CC(C)(C)[Si](C)(C)O[C@H]1CN2C(=O)N(c3cc(Cl)cc(Cl)c3)C(=O)[C@]2(Cc2ccc(Br)cc2)C1. The number of halogens is 3. The first kappa shape index (κ1) is 25.7. The lowest BCUT2D eigenvalue weighted by molar-refractivity contribution is -0.124. The van der Waals surface area contributed by atoms with E-state index in [1.165, 1.54) is 4.90 Å². The largest absolute Gasteiger partial charge is 0.412 e. The number of anilines is 1. The predicted molar refractivity (Wildman–Crippen MR) is 143 cm³/mol. The van der Waals surface area contributed by atoms with Gasteiger partial charge in [0, 0.05) is 33.9 Å². The summed E-state index contributed by atoms with van der Waals surface area (Å²) in [6, 6.07) is 12.3. The van der Waals surface area contributed by atoms with E-state index in [4.69, 9.17) is 27.6 Å². The van der Waals surface area contributed by atoms with Gasteiger partial charge in [-0.3, -0.25) is 4.79 Å². The van der Waals surface area contributed by atoms with Crippen molar-refractivity contribution < 1.29 is 14.0 Å². The van der Waals surface area contributed by atoms with Gasteiger partial charge in [0.2, 0.25) is 0 Å². The number of nitrogens with zero attached hydrogens (tertiary/aromatic N) is 2. The minimum atomic E-state index is -2.09. The van der Waals surface area contributed by atoms with Crippen LogP contribution >= 0.6 is 39.1 Å². The smallest absolute Gasteiger partial charge is 0.332 e.